The van der Waals surface area contributed by atoms with Gasteiger partial charge in [0.1, 0.15) is 5.75 Å². The summed E-state index contributed by atoms with van der Waals surface area (Å²) in [4.78, 5) is 0. The zero-order chi connectivity index (χ0) is 10.2. The van der Waals surface area contributed by atoms with Gasteiger partial charge in [0.15, 0.2) is 0 Å². The predicted octanol–water partition coefficient (Wildman–Crippen LogP) is 3.00. The predicted molar refractivity (Wildman–Crippen MR) is 61.1 cm³/mol. The van der Waals surface area contributed by atoms with E-state index in [4.69, 9.17) is 9.47 Å². The summed E-state index contributed by atoms with van der Waals surface area (Å²) in [7, 11) is 1.70. The molecule has 0 atom stereocenters. The first-order valence-corrected chi connectivity index (χ1v) is 5.75. The van der Waals surface area contributed by atoms with E-state index in [9.17, 15) is 0 Å². The van der Waals surface area contributed by atoms with E-state index in [1.165, 1.54) is 5.56 Å². The van der Waals surface area contributed by atoms with Crippen LogP contribution >= 0.6 is 15.9 Å². The van der Waals surface area contributed by atoms with Gasteiger partial charge in [0.05, 0.1) is 6.61 Å². The molecule has 0 bridgehead atoms. The van der Waals surface area contributed by atoms with E-state index in [0.29, 0.717) is 6.61 Å². The van der Waals surface area contributed by atoms with Crippen LogP contribution in [0.5, 0.6) is 5.75 Å². The highest BCUT2D eigenvalue weighted by Crippen LogP contribution is 2.15. The Labute approximate surface area is 93.4 Å². The molecule has 78 valence electrons. The SMILES string of the molecule is COCCCOc1cccc(CBr)c1. The molecular weight excluding hydrogens is 244 g/mol. The highest BCUT2D eigenvalue weighted by atomic mass is 79.9. The number of hydrogen-bond donors (Lipinski definition) is 0. The third kappa shape index (κ3) is 4.11. The van der Waals surface area contributed by atoms with Crippen molar-refractivity contribution < 1.29 is 9.47 Å². The van der Waals surface area contributed by atoms with Crippen LogP contribution in [-0.4, -0.2) is 20.3 Å². The Morgan fingerprint density at radius 2 is 2.14 bits per heavy atom. The molecule has 0 aliphatic rings. The second-order valence-electron chi connectivity index (χ2n) is 2.98. The molecule has 0 aliphatic carbocycles. The zero-order valence-corrected chi connectivity index (χ0v) is 9.92. The van der Waals surface area contributed by atoms with Gasteiger partial charge in [0, 0.05) is 25.5 Å². The summed E-state index contributed by atoms with van der Waals surface area (Å²) in [5.41, 5.74) is 1.23. The maximum atomic E-state index is 5.55. The van der Waals surface area contributed by atoms with Crippen molar-refractivity contribution in [2.45, 2.75) is 11.8 Å². The number of alkyl halides is 1. The summed E-state index contributed by atoms with van der Waals surface area (Å²) in [6, 6.07) is 8.08. The van der Waals surface area contributed by atoms with E-state index in [1.807, 2.05) is 18.2 Å². The van der Waals surface area contributed by atoms with E-state index >= 15 is 0 Å². The van der Waals surface area contributed by atoms with Gasteiger partial charge in [-0.1, -0.05) is 28.1 Å². The van der Waals surface area contributed by atoms with Crippen LogP contribution in [0.2, 0.25) is 0 Å². The van der Waals surface area contributed by atoms with Gasteiger partial charge in [0.2, 0.25) is 0 Å². The van der Waals surface area contributed by atoms with Gasteiger partial charge in [-0.05, 0) is 17.7 Å². The zero-order valence-electron chi connectivity index (χ0n) is 8.33. The molecule has 0 saturated heterocycles. The van der Waals surface area contributed by atoms with Crippen molar-refractivity contribution in [1.82, 2.24) is 0 Å². The van der Waals surface area contributed by atoms with Crippen molar-refractivity contribution in [3.05, 3.63) is 29.8 Å². The van der Waals surface area contributed by atoms with Gasteiger partial charge in [0.25, 0.3) is 0 Å². The van der Waals surface area contributed by atoms with Gasteiger partial charge in [-0.3, -0.25) is 0 Å². The van der Waals surface area contributed by atoms with E-state index in [-0.39, 0.29) is 0 Å². The van der Waals surface area contributed by atoms with Crippen molar-refractivity contribution >= 4 is 15.9 Å². The van der Waals surface area contributed by atoms with Crippen molar-refractivity contribution in [2.75, 3.05) is 20.3 Å². The molecule has 0 aliphatic heterocycles. The molecule has 1 aromatic rings. The summed E-state index contributed by atoms with van der Waals surface area (Å²) in [5, 5.41) is 0.863. The number of benzene rings is 1. The van der Waals surface area contributed by atoms with Crippen molar-refractivity contribution in [3.63, 3.8) is 0 Å². The van der Waals surface area contributed by atoms with Crippen LogP contribution in [0.4, 0.5) is 0 Å². The third-order valence-electron chi connectivity index (χ3n) is 1.81. The first kappa shape index (κ1) is 11.5. The lowest BCUT2D eigenvalue weighted by Crippen LogP contribution is -2.01. The largest absolute Gasteiger partial charge is 0.493 e. The van der Waals surface area contributed by atoms with Crippen LogP contribution in [-0.2, 0) is 10.1 Å². The molecule has 0 saturated carbocycles. The molecule has 2 nitrogen and oxygen atoms in total. The van der Waals surface area contributed by atoms with E-state index < -0.39 is 0 Å². The van der Waals surface area contributed by atoms with Gasteiger partial charge in [-0.2, -0.15) is 0 Å². The molecule has 0 N–H and O–H groups in total. The smallest absolute Gasteiger partial charge is 0.119 e. The molecule has 0 aromatic heterocycles. The third-order valence-corrected chi connectivity index (χ3v) is 2.46. The maximum Gasteiger partial charge on any atom is 0.119 e. The van der Waals surface area contributed by atoms with Crippen LogP contribution in [0.25, 0.3) is 0 Å². The quantitative estimate of drug-likeness (QED) is 0.577. The fourth-order valence-corrected chi connectivity index (χ4v) is 1.46. The first-order valence-electron chi connectivity index (χ1n) is 4.63. The Hall–Kier alpha value is -0.540. The van der Waals surface area contributed by atoms with Crippen LogP contribution in [0.1, 0.15) is 12.0 Å². The lowest BCUT2D eigenvalue weighted by Gasteiger charge is -2.06. The standard InChI is InChI=1S/C11H15BrO2/c1-13-6-3-7-14-11-5-2-4-10(8-11)9-12/h2,4-5,8H,3,6-7,9H2,1H3. The van der Waals surface area contributed by atoms with Crippen molar-refractivity contribution in [1.29, 1.82) is 0 Å². The number of rotatable bonds is 6. The molecule has 0 spiro atoms. The number of ether oxygens (including phenoxy) is 2. The summed E-state index contributed by atoms with van der Waals surface area (Å²) in [6.45, 7) is 1.46. The Kier molecular flexibility index (Phi) is 5.64. The Morgan fingerprint density at radius 1 is 1.29 bits per heavy atom. The summed E-state index contributed by atoms with van der Waals surface area (Å²) >= 11 is 3.41. The van der Waals surface area contributed by atoms with Crippen molar-refractivity contribution in [3.8, 4) is 5.75 Å². The van der Waals surface area contributed by atoms with Crippen LogP contribution in [0.15, 0.2) is 24.3 Å². The Morgan fingerprint density at radius 3 is 2.86 bits per heavy atom. The van der Waals surface area contributed by atoms with Gasteiger partial charge < -0.3 is 9.47 Å². The molecule has 1 aromatic carbocycles. The average Bonchev–Trinajstić information content (AvgIpc) is 2.25. The van der Waals surface area contributed by atoms with E-state index in [1.54, 1.807) is 7.11 Å². The highest BCUT2D eigenvalue weighted by molar-refractivity contribution is 9.08. The fourth-order valence-electron chi connectivity index (χ4n) is 1.11. The second-order valence-corrected chi connectivity index (χ2v) is 3.54. The van der Waals surface area contributed by atoms with Gasteiger partial charge >= 0.3 is 0 Å². The molecule has 0 fully saturated rings. The van der Waals surface area contributed by atoms with Crippen LogP contribution < -0.4 is 4.74 Å². The lowest BCUT2D eigenvalue weighted by atomic mass is 10.2. The van der Waals surface area contributed by atoms with Gasteiger partial charge in [-0.25, -0.2) is 0 Å². The lowest BCUT2D eigenvalue weighted by molar-refractivity contribution is 0.172. The van der Waals surface area contributed by atoms with E-state index in [2.05, 4.69) is 22.0 Å². The van der Waals surface area contributed by atoms with Crippen molar-refractivity contribution in [2.24, 2.45) is 0 Å². The second kappa shape index (κ2) is 6.85. The Balaban J connectivity index is 2.34. The molecule has 0 radical (unpaired) electrons. The monoisotopic (exact) mass is 258 g/mol. The molecular formula is C11H15BrO2. The van der Waals surface area contributed by atoms with Gasteiger partial charge in [-0.15, -0.1) is 0 Å². The maximum absolute atomic E-state index is 5.55. The summed E-state index contributed by atoms with van der Waals surface area (Å²) in [5.74, 6) is 0.929. The minimum Gasteiger partial charge on any atom is -0.493 e. The number of halogens is 1. The highest BCUT2D eigenvalue weighted by Gasteiger charge is 1.95. The molecule has 3 heteroatoms. The molecule has 0 unspecified atom stereocenters. The topological polar surface area (TPSA) is 18.5 Å². The Bertz CT molecular complexity index is 263. The molecule has 1 rings (SSSR count). The summed E-state index contributed by atoms with van der Waals surface area (Å²) in [6.07, 6.45) is 0.926. The number of methoxy groups -OCH3 is 1. The van der Waals surface area contributed by atoms with E-state index in [0.717, 1.165) is 24.1 Å². The minimum absolute atomic E-state index is 0.708. The molecule has 14 heavy (non-hydrogen) atoms. The first-order chi connectivity index (χ1) is 6.86. The molecule has 0 heterocycles. The van der Waals surface area contributed by atoms with Crippen LogP contribution in [0.3, 0.4) is 0 Å². The normalized spacial score (nSPS) is 10.1. The van der Waals surface area contributed by atoms with Crippen LogP contribution in [0, 0.1) is 0 Å². The molecule has 0 amide bonds. The average molecular weight is 259 g/mol. The fraction of sp³-hybridized carbons (Fsp3) is 0.455. The number of hydrogen-bond acceptors (Lipinski definition) is 2. The minimum atomic E-state index is 0.708. The summed E-state index contributed by atoms with van der Waals surface area (Å²) < 4.78 is 10.5.